The van der Waals surface area contributed by atoms with Gasteiger partial charge in [-0.1, -0.05) is 32.1 Å². The second kappa shape index (κ2) is 5.71. The van der Waals surface area contributed by atoms with Crippen LogP contribution in [0.5, 0.6) is 0 Å². The molecular formula is C23H38N2. The lowest BCUT2D eigenvalue weighted by Gasteiger charge is -2.51. The molecule has 1 aliphatic heterocycles. The second-order valence-corrected chi connectivity index (χ2v) is 10.8. The molecule has 1 spiro atoms. The highest BCUT2D eigenvalue weighted by Gasteiger charge is 2.72. The molecule has 0 aromatic rings. The summed E-state index contributed by atoms with van der Waals surface area (Å²) in [6.07, 6.45) is 19.9. The Morgan fingerprint density at radius 3 is 1.76 bits per heavy atom. The minimum atomic E-state index is 0.278. The fraction of sp³-hybridized carbons (Fsp3) is 1.00. The van der Waals surface area contributed by atoms with Gasteiger partial charge in [0, 0.05) is 6.04 Å². The van der Waals surface area contributed by atoms with Crippen molar-refractivity contribution in [3.05, 3.63) is 0 Å². The first-order valence-corrected chi connectivity index (χ1v) is 11.8. The van der Waals surface area contributed by atoms with Crippen molar-refractivity contribution in [3.8, 4) is 0 Å². The van der Waals surface area contributed by atoms with Crippen LogP contribution in [0, 0.1) is 46.8 Å². The molecule has 0 aromatic carbocycles. The molecule has 5 aliphatic carbocycles. The summed E-state index contributed by atoms with van der Waals surface area (Å²) in [7, 11) is 0. The van der Waals surface area contributed by atoms with E-state index in [0.29, 0.717) is 5.41 Å². The molecule has 0 aromatic heterocycles. The number of hydrogen-bond acceptors (Lipinski definition) is 2. The molecule has 0 amide bonds. The third-order valence-corrected chi connectivity index (χ3v) is 10.4. The SMILES string of the molecule is NC1CCC2C3CCCCC3C3(C4CCCCC4C4CCCC43)C2N1. The first-order chi connectivity index (χ1) is 12.3. The molecule has 5 saturated carbocycles. The van der Waals surface area contributed by atoms with Crippen LogP contribution in [0.15, 0.2) is 0 Å². The predicted molar refractivity (Wildman–Crippen MR) is 102 cm³/mol. The van der Waals surface area contributed by atoms with Gasteiger partial charge in [0.1, 0.15) is 0 Å². The molecule has 3 N–H and O–H groups in total. The van der Waals surface area contributed by atoms with E-state index in [1.54, 1.807) is 38.5 Å². The normalized spacial score (nSPS) is 60.1. The average molecular weight is 343 g/mol. The zero-order chi connectivity index (χ0) is 16.6. The van der Waals surface area contributed by atoms with E-state index in [1.807, 2.05) is 0 Å². The van der Waals surface area contributed by atoms with Crippen molar-refractivity contribution in [3.63, 3.8) is 0 Å². The lowest BCUT2D eigenvalue weighted by atomic mass is 9.56. The van der Waals surface area contributed by atoms with Crippen LogP contribution in [0.3, 0.4) is 0 Å². The van der Waals surface area contributed by atoms with Crippen molar-refractivity contribution in [2.24, 2.45) is 52.6 Å². The van der Waals surface area contributed by atoms with Crippen LogP contribution in [0.1, 0.15) is 83.5 Å². The van der Waals surface area contributed by atoms with E-state index in [0.717, 1.165) is 47.5 Å². The van der Waals surface area contributed by atoms with E-state index in [1.165, 1.54) is 44.9 Å². The first kappa shape index (κ1) is 15.9. The van der Waals surface area contributed by atoms with Gasteiger partial charge in [0.25, 0.3) is 0 Å². The van der Waals surface area contributed by atoms with Crippen LogP contribution in [0.2, 0.25) is 0 Å². The van der Waals surface area contributed by atoms with Crippen molar-refractivity contribution in [2.75, 3.05) is 0 Å². The summed E-state index contributed by atoms with van der Waals surface area (Å²) in [6.45, 7) is 0. The third kappa shape index (κ3) is 1.94. The van der Waals surface area contributed by atoms with Gasteiger partial charge in [-0.2, -0.15) is 0 Å². The van der Waals surface area contributed by atoms with Crippen LogP contribution in [0.25, 0.3) is 0 Å². The molecule has 25 heavy (non-hydrogen) atoms. The number of hydrogen-bond donors (Lipinski definition) is 2. The molecule has 6 rings (SSSR count). The van der Waals surface area contributed by atoms with E-state index in [-0.39, 0.29) is 6.17 Å². The highest BCUT2D eigenvalue weighted by atomic mass is 15.1. The molecule has 1 saturated heterocycles. The number of rotatable bonds is 0. The first-order valence-electron chi connectivity index (χ1n) is 11.8. The summed E-state index contributed by atoms with van der Waals surface area (Å²) in [5.74, 6) is 7.34. The van der Waals surface area contributed by atoms with Crippen LogP contribution >= 0.6 is 0 Å². The number of piperidine rings is 1. The van der Waals surface area contributed by atoms with E-state index < -0.39 is 0 Å². The summed E-state index contributed by atoms with van der Waals surface area (Å²) in [6, 6.07) is 0.781. The average Bonchev–Trinajstić information content (AvgIpc) is 3.29. The largest absolute Gasteiger partial charge is 0.316 e. The zero-order valence-electron chi connectivity index (χ0n) is 16.0. The van der Waals surface area contributed by atoms with Gasteiger partial charge in [0.2, 0.25) is 0 Å². The summed E-state index contributed by atoms with van der Waals surface area (Å²) in [4.78, 5) is 0. The van der Waals surface area contributed by atoms with Crippen LogP contribution < -0.4 is 11.1 Å². The predicted octanol–water partition coefficient (Wildman–Crippen LogP) is 4.68. The molecular weight excluding hydrogens is 304 g/mol. The van der Waals surface area contributed by atoms with Gasteiger partial charge >= 0.3 is 0 Å². The second-order valence-electron chi connectivity index (χ2n) is 10.8. The monoisotopic (exact) mass is 342 g/mol. The topological polar surface area (TPSA) is 38.0 Å². The molecule has 10 atom stereocenters. The maximum Gasteiger partial charge on any atom is 0.0548 e. The molecule has 6 fully saturated rings. The molecule has 0 radical (unpaired) electrons. The van der Waals surface area contributed by atoms with Crippen molar-refractivity contribution >= 4 is 0 Å². The van der Waals surface area contributed by atoms with Crippen LogP contribution in [-0.4, -0.2) is 12.2 Å². The van der Waals surface area contributed by atoms with Crippen molar-refractivity contribution in [1.29, 1.82) is 0 Å². The van der Waals surface area contributed by atoms with Gasteiger partial charge in [0.05, 0.1) is 6.17 Å². The Morgan fingerprint density at radius 1 is 0.560 bits per heavy atom. The Balaban J connectivity index is 1.50. The highest BCUT2D eigenvalue weighted by Crippen LogP contribution is 2.75. The van der Waals surface area contributed by atoms with Crippen molar-refractivity contribution in [1.82, 2.24) is 5.32 Å². The highest BCUT2D eigenvalue weighted by molar-refractivity contribution is 5.22. The molecule has 6 aliphatic rings. The van der Waals surface area contributed by atoms with Crippen molar-refractivity contribution < 1.29 is 0 Å². The Hall–Kier alpha value is -0.0800. The standard InChI is InChI=1S/C23H38N2/c24-21-13-12-17-16-7-2-4-10-19(16)23(22(17)25-21)18-9-3-1-6-14(18)15-8-5-11-20(15)23/h14-22,25H,1-13,24H2. The Kier molecular flexibility index (Phi) is 3.64. The Morgan fingerprint density at radius 2 is 1.08 bits per heavy atom. The van der Waals surface area contributed by atoms with Crippen LogP contribution in [0.4, 0.5) is 0 Å². The smallest absolute Gasteiger partial charge is 0.0548 e. The molecule has 10 unspecified atom stereocenters. The van der Waals surface area contributed by atoms with E-state index >= 15 is 0 Å². The molecule has 140 valence electrons. The zero-order valence-corrected chi connectivity index (χ0v) is 16.0. The van der Waals surface area contributed by atoms with E-state index in [4.69, 9.17) is 5.73 Å². The van der Waals surface area contributed by atoms with Crippen molar-refractivity contribution in [2.45, 2.75) is 95.7 Å². The van der Waals surface area contributed by atoms with Gasteiger partial charge in [-0.05, 0) is 98.2 Å². The Bertz CT molecular complexity index is 532. The van der Waals surface area contributed by atoms with Gasteiger partial charge in [0.15, 0.2) is 0 Å². The number of nitrogens with one attached hydrogen (secondary N) is 1. The lowest BCUT2D eigenvalue weighted by molar-refractivity contribution is -0.0102. The minimum Gasteiger partial charge on any atom is -0.316 e. The maximum atomic E-state index is 6.53. The Labute approximate surface area is 154 Å². The lowest BCUT2D eigenvalue weighted by Crippen LogP contribution is -2.60. The molecule has 2 heteroatoms. The molecule has 1 heterocycles. The minimum absolute atomic E-state index is 0.278. The van der Waals surface area contributed by atoms with Gasteiger partial charge < -0.3 is 5.73 Å². The van der Waals surface area contributed by atoms with Gasteiger partial charge in [-0.25, -0.2) is 0 Å². The van der Waals surface area contributed by atoms with Gasteiger partial charge in [-0.3, -0.25) is 5.32 Å². The summed E-state index contributed by atoms with van der Waals surface area (Å²) >= 11 is 0. The van der Waals surface area contributed by atoms with E-state index in [9.17, 15) is 0 Å². The van der Waals surface area contributed by atoms with E-state index in [2.05, 4.69) is 5.32 Å². The summed E-state index contributed by atoms with van der Waals surface area (Å²) in [5, 5.41) is 4.09. The summed E-state index contributed by atoms with van der Waals surface area (Å²) in [5.41, 5.74) is 7.18. The van der Waals surface area contributed by atoms with Gasteiger partial charge in [-0.15, -0.1) is 0 Å². The fourth-order valence-corrected chi connectivity index (χ4v) is 10.2. The fourth-order valence-electron chi connectivity index (χ4n) is 10.2. The molecule has 2 nitrogen and oxygen atoms in total. The third-order valence-electron chi connectivity index (χ3n) is 10.4. The maximum absolute atomic E-state index is 6.53. The number of nitrogens with two attached hydrogens (primary N) is 1. The quantitative estimate of drug-likeness (QED) is 0.670. The molecule has 0 bridgehead atoms. The van der Waals surface area contributed by atoms with Crippen LogP contribution in [-0.2, 0) is 0 Å². The number of fused-ring (bicyclic) bond motifs is 10. The summed E-state index contributed by atoms with van der Waals surface area (Å²) < 4.78 is 0.